The van der Waals surface area contributed by atoms with Gasteiger partial charge in [-0.1, -0.05) is 12.8 Å². The lowest BCUT2D eigenvalue weighted by Gasteiger charge is -2.45. The second-order valence-corrected chi connectivity index (χ2v) is 5.71. The molecule has 1 atom stereocenters. The quantitative estimate of drug-likeness (QED) is 0.553. The summed E-state index contributed by atoms with van der Waals surface area (Å²) >= 11 is 0. The zero-order valence-corrected chi connectivity index (χ0v) is 10.5. The van der Waals surface area contributed by atoms with E-state index in [4.69, 9.17) is 15.5 Å². The van der Waals surface area contributed by atoms with Gasteiger partial charge in [-0.2, -0.15) is 0 Å². The molecule has 0 radical (unpaired) electrons. The van der Waals surface area contributed by atoms with Crippen molar-refractivity contribution in [2.24, 2.45) is 16.1 Å². The molecular weight excluding hydrogens is 214 g/mol. The minimum Gasteiger partial charge on any atom is -0.378 e. The van der Waals surface area contributed by atoms with Gasteiger partial charge in [-0.25, -0.2) is 4.99 Å². The van der Waals surface area contributed by atoms with Crippen molar-refractivity contribution in [3.8, 4) is 0 Å². The largest absolute Gasteiger partial charge is 0.378 e. The smallest absolute Gasteiger partial charge is 0.191 e. The molecule has 3 rings (SSSR count). The van der Waals surface area contributed by atoms with Crippen LogP contribution in [-0.2, 0) is 4.74 Å². The molecule has 0 amide bonds. The number of hydrogen-bond acceptors (Lipinski definition) is 2. The molecule has 1 spiro atoms. The number of aliphatic imine (C=N–C) groups is 1. The van der Waals surface area contributed by atoms with E-state index in [0.717, 1.165) is 32.3 Å². The van der Waals surface area contributed by atoms with Gasteiger partial charge in [0.05, 0.1) is 19.3 Å². The van der Waals surface area contributed by atoms with Crippen molar-refractivity contribution in [1.29, 1.82) is 0 Å². The van der Waals surface area contributed by atoms with Gasteiger partial charge in [0.15, 0.2) is 5.96 Å². The highest BCUT2D eigenvalue weighted by molar-refractivity contribution is 5.78. The maximum atomic E-state index is 6.13. The topological polar surface area (TPSA) is 50.8 Å². The number of nitrogens with two attached hydrogens (primary N) is 1. The summed E-state index contributed by atoms with van der Waals surface area (Å²) in [5.74, 6) is 0.754. The standard InChI is InChI=1S/C13H23N3O/c14-12(16-7-9-17-10-8-16)15-11-3-6-13(11)4-1-2-5-13/h11H,1-10H2,(H2,14,15). The van der Waals surface area contributed by atoms with Crippen molar-refractivity contribution >= 4 is 5.96 Å². The number of nitrogens with zero attached hydrogens (tertiary/aromatic N) is 2. The highest BCUT2D eigenvalue weighted by Gasteiger charge is 2.48. The molecule has 0 aromatic carbocycles. The molecule has 2 saturated carbocycles. The van der Waals surface area contributed by atoms with Crippen molar-refractivity contribution in [3.05, 3.63) is 0 Å². The fourth-order valence-corrected chi connectivity index (χ4v) is 3.58. The number of hydrogen-bond donors (Lipinski definition) is 1. The highest BCUT2D eigenvalue weighted by Crippen LogP contribution is 2.54. The van der Waals surface area contributed by atoms with Crippen LogP contribution in [0.5, 0.6) is 0 Å². The summed E-state index contributed by atoms with van der Waals surface area (Å²) in [5, 5.41) is 0. The molecule has 2 N–H and O–H groups in total. The van der Waals surface area contributed by atoms with Crippen LogP contribution in [0, 0.1) is 5.41 Å². The van der Waals surface area contributed by atoms with Gasteiger partial charge in [0.1, 0.15) is 0 Å². The molecule has 2 aliphatic carbocycles. The van der Waals surface area contributed by atoms with Gasteiger partial charge in [0.2, 0.25) is 0 Å². The van der Waals surface area contributed by atoms with E-state index >= 15 is 0 Å². The van der Waals surface area contributed by atoms with Crippen LogP contribution < -0.4 is 5.73 Å². The van der Waals surface area contributed by atoms with Crippen LogP contribution in [0.4, 0.5) is 0 Å². The predicted octanol–water partition coefficient (Wildman–Crippen LogP) is 1.36. The zero-order valence-electron chi connectivity index (χ0n) is 10.5. The Hall–Kier alpha value is -0.770. The van der Waals surface area contributed by atoms with E-state index in [1.165, 1.54) is 38.5 Å². The van der Waals surface area contributed by atoms with Crippen LogP contribution >= 0.6 is 0 Å². The van der Waals surface area contributed by atoms with Crippen molar-refractivity contribution in [2.75, 3.05) is 26.3 Å². The third-order valence-electron chi connectivity index (χ3n) is 4.85. The first-order valence-electron chi connectivity index (χ1n) is 6.96. The van der Waals surface area contributed by atoms with E-state index in [9.17, 15) is 0 Å². The SMILES string of the molecule is NC(=NC1CCC12CCCC2)N1CCOCC1. The van der Waals surface area contributed by atoms with Gasteiger partial charge in [0.25, 0.3) is 0 Å². The Balaban J connectivity index is 1.64. The Morgan fingerprint density at radius 3 is 2.47 bits per heavy atom. The van der Waals surface area contributed by atoms with E-state index in [1.807, 2.05) is 0 Å². The molecule has 3 fully saturated rings. The number of guanidine groups is 1. The molecule has 3 aliphatic rings. The average Bonchev–Trinajstić information content (AvgIpc) is 2.87. The minimum atomic E-state index is 0.507. The fourth-order valence-electron chi connectivity index (χ4n) is 3.58. The molecule has 1 unspecified atom stereocenters. The van der Waals surface area contributed by atoms with Crippen molar-refractivity contribution < 1.29 is 4.74 Å². The number of morpholine rings is 1. The van der Waals surface area contributed by atoms with Crippen molar-refractivity contribution in [1.82, 2.24) is 4.90 Å². The Labute approximate surface area is 103 Å². The normalized spacial score (nSPS) is 32.8. The van der Waals surface area contributed by atoms with Gasteiger partial charge in [-0.3, -0.25) is 0 Å². The van der Waals surface area contributed by atoms with Crippen LogP contribution in [0.2, 0.25) is 0 Å². The zero-order chi connectivity index (χ0) is 11.7. The second-order valence-electron chi connectivity index (χ2n) is 5.71. The van der Waals surface area contributed by atoms with Crippen molar-refractivity contribution in [3.63, 3.8) is 0 Å². The van der Waals surface area contributed by atoms with E-state index in [2.05, 4.69) is 4.90 Å². The summed E-state index contributed by atoms with van der Waals surface area (Å²) in [6.07, 6.45) is 8.14. The molecule has 1 heterocycles. The molecule has 4 heteroatoms. The van der Waals surface area contributed by atoms with Crippen LogP contribution in [0.15, 0.2) is 4.99 Å². The lowest BCUT2D eigenvalue weighted by molar-refractivity contribution is 0.0650. The minimum absolute atomic E-state index is 0.507. The average molecular weight is 237 g/mol. The highest BCUT2D eigenvalue weighted by atomic mass is 16.5. The molecular formula is C13H23N3O. The Morgan fingerprint density at radius 1 is 1.18 bits per heavy atom. The lowest BCUT2D eigenvalue weighted by Crippen LogP contribution is -2.48. The molecule has 17 heavy (non-hydrogen) atoms. The molecule has 4 nitrogen and oxygen atoms in total. The van der Waals surface area contributed by atoms with E-state index in [1.54, 1.807) is 0 Å². The summed E-state index contributed by atoms with van der Waals surface area (Å²) < 4.78 is 5.34. The van der Waals surface area contributed by atoms with Gasteiger partial charge in [0, 0.05) is 13.1 Å². The summed E-state index contributed by atoms with van der Waals surface area (Å²) in [6.45, 7) is 3.36. The van der Waals surface area contributed by atoms with Gasteiger partial charge in [-0.15, -0.1) is 0 Å². The third-order valence-corrected chi connectivity index (χ3v) is 4.85. The first-order valence-corrected chi connectivity index (χ1v) is 6.96. The summed E-state index contributed by atoms with van der Waals surface area (Å²) in [7, 11) is 0. The molecule has 1 aliphatic heterocycles. The Morgan fingerprint density at radius 2 is 1.88 bits per heavy atom. The van der Waals surface area contributed by atoms with E-state index in [-0.39, 0.29) is 0 Å². The number of rotatable bonds is 1. The summed E-state index contributed by atoms with van der Waals surface area (Å²) in [6, 6.07) is 0.507. The predicted molar refractivity (Wildman–Crippen MR) is 67.9 cm³/mol. The third kappa shape index (κ3) is 2.03. The summed E-state index contributed by atoms with van der Waals surface area (Å²) in [4.78, 5) is 6.98. The van der Waals surface area contributed by atoms with Crippen molar-refractivity contribution in [2.45, 2.75) is 44.6 Å². The fraction of sp³-hybridized carbons (Fsp3) is 0.923. The van der Waals surface area contributed by atoms with Crippen LogP contribution in [0.3, 0.4) is 0 Å². The van der Waals surface area contributed by atoms with Gasteiger partial charge in [-0.05, 0) is 31.1 Å². The molecule has 1 saturated heterocycles. The first-order chi connectivity index (χ1) is 8.30. The summed E-state index contributed by atoms with van der Waals surface area (Å²) in [5.41, 5.74) is 6.67. The number of ether oxygens (including phenoxy) is 1. The molecule has 96 valence electrons. The van der Waals surface area contributed by atoms with Gasteiger partial charge < -0.3 is 15.4 Å². The van der Waals surface area contributed by atoms with E-state index in [0.29, 0.717) is 11.5 Å². The second kappa shape index (κ2) is 4.48. The Bertz CT molecular complexity index is 304. The van der Waals surface area contributed by atoms with Gasteiger partial charge >= 0.3 is 0 Å². The molecule has 0 bridgehead atoms. The maximum absolute atomic E-state index is 6.13. The lowest BCUT2D eigenvalue weighted by atomic mass is 9.63. The first kappa shape index (κ1) is 11.3. The monoisotopic (exact) mass is 237 g/mol. The van der Waals surface area contributed by atoms with Crippen LogP contribution in [-0.4, -0.2) is 43.2 Å². The Kier molecular flexibility index (Phi) is 2.99. The van der Waals surface area contributed by atoms with E-state index < -0.39 is 0 Å². The molecule has 0 aromatic heterocycles. The van der Waals surface area contributed by atoms with Crippen LogP contribution in [0.1, 0.15) is 38.5 Å². The maximum Gasteiger partial charge on any atom is 0.191 e. The van der Waals surface area contributed by atoms with Crippen LogP contribution in [0.25, 0.3) is 0 Å². The molecule has 0 aromatic rings.